The first kappa shape index (κ1) is 13.3. The van der Waals surface area contributed by atoms with Crippen LogP contribution in [-0.2, 0) is 0 Å². The van der Waals surface area contributed by atoms with Gasteiger partial charge in [0.05, 0.1) is 12.1 Å². The summed E-state index contributed by atoms with van der Waals surface area (Å²) in [5, 5.41) is 8.91. The van der Waals surface area contributed by atoms with Crippen molar-refractivity contribution in [1.82, 2.24) is 0 Å². The van der Waals surface area contributed by atoms with Gasteiger partial charge < -0.3 is 4.90 Å². The fourth-order valence-corrected chi connectivity index (χ4v) is 2.69. The zero-order valence-corrected chi connectivity index (χ0v) is 11.6. The van der Waals surface area contributed by atoms with Crippen LogP contribution in [0, 0.1) is 18.3 Å². The Kier molecular flexibility index (Phi) is 3.58. The second-order valence-electron chi connectivity index (χ2n) is 4.61. The lowest BCUT2D eigenvalue weighted by atomic mass is 10.0. The minimum absolute atomic E-state index is 0.0417. The number of hydrogen-bond acceptors (Lipinski definition) is 2. The largest absolute Gasteiger partial charge is 0.365 e. The summed E-state index contributed by atoms with van der Waals surface area (Å²) in [6.07, 6.45) is 0.448. The van der Waals surface area contributed by atoms with Gasteiger partial charge in [-0.15, -0.1) is 0 Å². The molecule has 1 aliphatic heterocycles. The van der Waals surface area contributed by atoms with E-state index in [1.807, 2.05) is 6.92 Å². The molecule has 0 aliphatic carbocycles. The number of rotatable bonds is 1. The van der Waals surface area contributed by atoms with Gasteiger partial charge in [-0.3, -0.25) is 0 Å². The molecule has 0 aromatic heterocycles. The van der Waals surface area contributed by atoms with E-state index in [0.29, 0.717) is 23.0 Å². The Labute approximate surface area is 113 Å². The number of halogens is 3. The molecule has 0 atom stereocenters. The molecule has 0 saturated carbocycles. The molecule has 1 aromatic carbocycles. The van der Waals surface area contributed by atoms with Crippen LogP contribution in [0.3, 0.4) is 0 Å². The third kappa shape index (κ3) is 2.64. The minimum atomic E-state index is -2.62. The van der Waals surface area contributed by atoms with Crippen LogP contribution in [0.1, 0.15) is 24.0 Å². The smallest absolute Gasteiger partial charge is 0.265 e. The molecular weight excluding hydrogens is 302 g/mol. The molecule has 0 radical (unpaired) electrons. The van der Waals surface area contributed by atoms with Crippen molar-refractivity contribution in [2.24, 2.45) is 0 Å². The van der Waals surface area contributed by atoms with E-state index >= 15 is 0 Å². The first-order chi connectivity index (χ1) is 8.43. The van der Waals surface area contributed by atoms with Gasteiger partial charge in [0.25, 0.3) is 5.92 Å². The fourth-order valence-electron chi connectivity index (χ4n) is 2.27. The highest BCUT2D eigenvalue weighted by Crippen LogP contribution is 2.34. The van der Waals surface area contributed by atoms with Crippen LogP contribution in [0.15, 0.2) is 16.6 Å². The van der Waals surface area contributed by atoms with Crippen LogP contribution in [0.2, 0.25) is 0 Å². The molecule has 0 amide bonds. The van der Waals surface area contributed by atoms with E-state index in [1.54, 1.807) is 17.0 Å². The maximum absolute atomic E-state index is 13.4. The minimum Gasteiger partial charge on any atom is -0.365 e. The third-order valence-corrected chi connectivity index (χ3v) is 3.80. The normalized spacial score (nSPS) is 18.5. The van der Waals surface area contributed by atoms with E-state index in [9.17, 15) is 8.78 Å². The topological polar surface area (TPSA) is 27.0 Å². The van der Waals surface area contributed by atoms with Gasteiger partial charge >= 0.3 is 0 Å². The number of anilines is 1. The summed E-state index contributed by atoms with van der Waals surface area (Å²) in [7, 11) is 0. The van der Waals surface area contributed by atoms with Gasteiger partial charge in [0, 0.05) is 23.1 Å². The number of piperidine rings is 1. The zero-order valence-electron chi connectivity index (χ0n) is 10.0. The highest BCUT2D eigenvalue weighted by molar-refractivity contribution is 9.10. The van der Waals surface area contributed by atoms with Crippen LogP contribution in [0.4, 0.5) is 14.5 Å². The van der Waals surface area contributed by atoms with Crippen LogP contribution in [-0.4, -0.2) is 19.0 Å². The summed E-state index contributed by atoms with van der Waals surface area (Å²) < 4.78 is 27.5. The molecule has 2 nitrogen and oxygen atoms in total. The van der Waals surface area contributed by atoms with Crippen LogP contribution < -0.4 is 4.90 Å². The molecule has 2 rings (SSSR count). The lowest BCUT2D eigenvalue weighted by molar-refractivity contribution is -0.0116. The van der Waals surface area contributed by atoms with Gasteiger partial charge in [-0.1, -0.05) is 0 Å². The van der Waals surface area contributed by atoms with Gasteiger partial charge in [0.15, 0.2) is 0 Å². The van der Waals surface area contributed by atoms with E-state index in [-0.39, 0.29) is 13.0 Å². The Hall–Kier alpha value is -1.15. The Morgan fingerprint density at radius 1 is 1.44 bits per heavy atom. The average molecular weight is 315 g/mol. The van der Waals surface area contributed by atoms with E-state index in [4.69, 9.17) is 5.26 Å². The van der Waals surface area contributed by atoms with E-state index in [1.165, 1.54) is 0 Å². The number of hydrogen-bond donors (Lipinski definition) is 0. The number of aryl methyl sites for hydroxylation is 1. The van der Waals surface area contributed by atoms with E-state index in [0.717, 1.165) is 11.3 Å². The van der Waals surface area contributed by atoms with Gasteiger partial charge in [-0.05, 0) is 47.0 Å². The predicted molar refractivity (Wildman–Crippen MR) is 70.0 cm³/mol. The van der Waals surface area contributed by atoms with Crippen molar-refractivity contribution >= 4 is 21.6 Å². The summed E-state index contributed by atoms with van der Waals surface area (Å²) in [4.78, 5) is 1.70. The second kappa shape index (κ2) is 4.85. The van der Waals surface area contributed by atoms with Crippen LogP contribution in [0.25, 0.3) is 0 Å². The first-order valence-corrected chi connectivity index (χ1v) is 6.55. The Morgan fingerprint density at radius 2 is 2.17 bits per heavy atom. The number of benzene rings is 1. The van der Waals surface area contributed by atoms with Crippen molar-refractivity contribution in [1.29, 1.82) is 5.26 Å². The molecule has 5 heteroatoms. The van der Waals surface area contributed by atoms with Crippen LogP contribution >= 0.6 is 15.9 Å². The monoisotopic (exact) mass is 314 g/mol. The van der Waals surface area contributed by atoms with Gasteiger partial charge in [-0.25, -0.2) is 8.78 Å². The molecule has 18 heavy (non-hydrogen) atoms. The van der Waals surface area contributed by atoms with Gasteiger partial charge in [-0.2, -0.15) is 5.26 Å². The third-order valence-electron chi connectivity index (χ3n) is 3.14. The average Bonchev–Trinajstić information content (AvgIpc) is 2.30. The predicted octanol–water partition coefficient (Wildman–Crippen LogP) is 3.86. The fraction of sp³-hybridized carbons (Fsp3) is 0.462. The SMILES string of the molecule is Cc1cc(C#N)c(Br)cc1N1CCCC(F)(F)C1. The molecule has 96 valence electrons. The van der Waals surface area contributed by atoms with Gasteiger partial charge in [0.2, 0.25) is 0 Å². The van der Waals surface area contributed by atoms with Crippen molar-refractivity contribution in [3.05, 3.63) is 27.7 Å². The van der Waals surface area contributed by atoms with Crippen molar-refractivity contribution in [2.45, 2.75) is 25.7 Å². The molecule has 0 N–H and O–H groups in total. The molecular formula is C13H13BrF2N2. The summed E-state index contributed by atoms with van der Waals surface area (Å²) in [5.74, 6) is -2.62. The standard InChI is InChI=1S/C13H13BrF2N2/c1-9-5-10(7-17)11(14)6-12(9)18-4-2-3-13(15,16)8-18/h5-6H,2-4,8H2,1H3. The van der Waals surface area contributed by atoms with Gasteiger partial charge in [0.1, 0.15) is 6.07 Å². The molecule has 1 heterocycles. The van der Waals surface area contributed by atoms with E-state index in [2.05, 4.69) is 22.0 Å². The summed E-state index contributed by atoms with van der Waals surface area (Å²) >= 11 is 3.30. The molecule has 0 spiro atoms. The summed E-state index contributed by atoms with van der Waals surface area (Å²) in [5.41, 5.74) is 2.16. The van der Waals surface area contributed by atoms with Crippen molar-refractivity contribution in [3.63, 3.8) is 0 Å². The summed E-state index contributed by atoms with van der Waals surface area (Å²) in [6, 6.07) is 5.56. The summed E-state index contributed by atoms with van der Waals surface area (Å²) in [6.45, 7) is 2.23. The number of alkyl halides is 2. The zero-order chi connectivity index (χ0) is 13.3. The number of nitrogens with zero attached hydrogens (tertiary/aromatic N) is 2. The molecule has 1 fully saturated rings. The van der Waals surface area contributed by atoms with Crippen LogP contribution in [0.5, 0.6) is 0 Å². The second-order valence-corrected chi connectivity index (χ2v) is 5.47. The first-order valence-electron chi connectivity index (χ1n) is 5.76. The Morgan fingerprint density at radius 3 is 2.78 bits per heavy atom. The quantitative estimate of drug-likeness (QED) is 0.787. The lowest BCUT2D eigenvalue weighted by Gasteiger charge is -2.35. The molecule has 0 bridgehead atoms. The maximum atomic E-state index is 13.4. The lowest BCUT2D eigenvalue weighted by Crippen LogP contribution is -2.42. The number of nitriles is 1. The molecule has 1 saturated heterocycles. The van der Waals surface area contributed by atoms with Crippen molar-refractivity contribution in [3.8, 4) is 6.07 Å². The highest BCUT2D eigenvalue weighted by atomic mass is 79.9. The maximum Gasteiger partial charge on any atom is 0.265 e. The Balaban J connectivity index is 2.34. The molecule has 1 aliphatic rings. The van der Waals surface area contributed by atoms with Crippen molar-refractivity contribution < 1.29 is 8.78 Å². The Bertz CT molecular complexity index is 508. The molecule has 1 aromatic rings. The van der Waals surface area contributed by atoms with E-state index < -0.39 is 5.92 Å². The highest BCUT2D eigenvalue weighted by Gasteiger charge is 2.35. The molecule has 0 unspecified atom stereocenters. The van der Waals surface area contributed by atoms with Crippen molar-refractivity contribution in [2.75, 3.05) is 18.0 Å².